The molecule has 0 unspecified atom stereocenters. The summed E-state index contributed by atoms with van der Waals surface area (Å²) >= 11 is 17.9. The molecule has 0 saturated heterocycles. The number of rotatable bonds is 6. The van der Waals surface area contributed by atoms with Crippen LogP contribution in [-0.2, 0) is 20.7 Å². The van der Waals surface area contributed by atoms with E-state index in [1.165, 1.54) is 13.2 Å². The van der Waals surface area contributed by atoms with E-state index < -0.39 is 18.5 Å². The van der Waals surface area contributed by atoms with Crippen LogP contribution in [0.25, 0.3) is 0 Å². The molecule has 0 heterocycles. The van der Waals surface area contributed by atoms with Crippen molar-refractivity contribution in [3.8, 4) is 5.75 Å². The van der Waals surface area contributed by atoms with E-state index in [9.17, 15) is 9.59 Å². The number of ether oxygens (including phenoxy) is 2. The van der Waals surface area contributed by atoms with Crippen LogP contribution >= 0.6 is 34.8 Å². The minimum Gasteiger partial charge on any atom is -0.495 e. The second-order valence-corrected chi connectivity index (χ2v) is 6.18. The van der Waals surface area contributed by atoms with Gasteiger partial charge in [0.25, 0.3) is 5.91 Å². The molecule has 0 spiro atoms. The van der Waals surface area contributed by atoms with Gasteiger partial charge < -0.3 is 14.8 Å². The predicted molar refractivity (Wildman–Crippen MR) is 97.8 cm³/mol. The monoisotopic (exact) mass is 401 g/mol. The van der Waals surface area contributed by atoms with Crippen LogP contribution in [0.3, 0.4) is 0 Å². The summed E-state index contributed by atoms with van der Waals surface area (Å²) in [7, 11) is 1.46. The Hall–Kier alpha value is -1.95. The second kappa shape index (κ2) is 8.94. The summed E-state index contributed by atoms with van der Waals surface area (Å²) in [5.74, 6) is -0.714. The Morgan fingerprint density at radius 1 is 1.08 bits per heavy atom. The smallest absolute Gasteiger partial charge is 0.310 e. The fourth-order valence-corrected chi connectivity index (χ4v) is 2.71. The standard InChI is InChI=1S/C17H14Cl3NO4/c1-24-15-6-5-10(18)7-14(15)21-16(22)9-25-17(23)8-11-12(19)3-2-4-13(11)20/h2-7H,8-9H2,1H3,(H,21,22). The van der Waals surface area contributed by atoms with Gasteiger partial charge in [-0.1, -0.05) is 40.9 Å². The zero-order valence-corrected chi connectivity index (χ0v) is 15.4. The third kappa shape index (κ3) is 5.53. The summed E-state index contributed by atoms with van der Waals surface area (Å²) < 4.78 is 10.1. The number of anilines is 1. The van der Waals surface area contributed by atoms with E-state index in [-0.39, 0.29) is 6.42 Å². The Labute approximate surface area is 159 Å². The van der Waals surface area contributed by atoms with Crippen LogP contribution in [-0.4, -0.2) is 25.6 Å². The van der Waals surface area contributed by atoms with E-state index >= 15 is 0 Å². The van der Waals surface area contributed by atoms with Crippen LogP contribution in [0, 0.1) is 0 Å². The summed E-state index contributed by atoms with van der Waals surface area (Å²) in [6, 6.07) is 9.68. The average molecular weight is 403 g/mol. The van der Waals surface area contributed by atoms with Crippen LogP contribution in [0.15, 0.2) is 36.4 Å². The molecule has 0 atom stereocenters. The summed E-state index contributed by atoms with van der Waals surface area (Å²) in [6.45, 7) is -0.462. The van der Waals surface area contributed by atoms with Gasteiger partial charge in [0.05, 0.1) is 19.2 Å². The highest BCUT2D eigenvalue weighted by Gasteiger charge is 2.14. The van der Waals surface area contributed by atoms with Crippen LogP contribution in [0.2, 0.25) is 15.1 Å². The van der Waals surface area contributed by atoms with Crippen molar-refractivity contribution in [3.05, 3.63) is 57.0 Å². The van der Waals surface area contributed by atoms with E-state index in [2.05, 4.69) is 5.32 Å². The topological polar surface area (TPSA) is 64.6 Å². The van der Waals surface area contributed by atoms with E-state index in [0.717, 1.165) is 0 Å². The number of esters is 1. The van der Waals surface area contributed by atoms with Crippen molar-refractivity contribution in [1.29, 1.82) is 0 Å². The molecule has 8 heteroatoms. The van der Waals surface area contributed by atoms with Crippen molar-refractivity contribution in [2.24, 2.45) is 0 Å². The second-order valence-electron chi connectivity index (χ2n) is 4.93. The highest BCUT2D eigenvalue weighted by Crippen LogP contribution is 2.27. The van der Waals surface area contributed by atoms with Gasteiger partial charge >= 0.3 is 5.97 Å². The number of methoxy groups -OCH3 is 1. The Morgan fingerprint density at radius 2 is 1.76 bits per heavy atom. The van der Waals surface area contributed by atoms with E-state index in [1.807, 2.05) is 0 Å². The number of hydrogen-bond acceptors (Lipinski definition) is 4. The molecule has 1 N–H and O–H groups in total. The van der Waals surface area contributed by atoms with Crippen molar-refractivity contribution in [2.75, 3.05) is 19.0 Å². The SMILES string of the molecule is COc1ccc(Cl)cc1NC(=O)COC(=O)Cc1c(Cl)cccc1Cl. The lowest BCUT2D eigenvalue weighted by molar-refractivity contribution is -0.146. The van der Waals surface area contributed by atoms with Crippen LogP contribution in [0.1, 0.15) is 5.56 Å². The maximum absolute atomic E-state index is 11.9. The Balaban J connectivity index is 1.92. The van der Waals surface area contributed by atoms with E-state index in [1.54, 1.807) is 30.3 Å². The minimum absolute atomic E-state index is 0.133. The quantitative estimate of drug-likeness (QED) is 0.728. The van der Waals surface area contributed by atoms with Gasteiger partial charge in [-0.25, -0.2) is 0 Å². The number of benzene rings is 2. The maximum atomic E-state index is 11.9. The normalized spacial score (nSPS) is 10.2. The molecular formula is C17H14Cl3NO4. The highest BCUT2D eigenvalue weighted by atomic mass is 35.5. The number of amides is 1. The molecule has 2 aromatic carbocycles. The molecule has 0 aliphatic carbocycles. The van der Waals surface area contributed by atoms with Crippen molar-refractivity contribution in [3.63, 3.8) is 0 Å². The molecule has 2 rings (SSSR count). The zero-order chi connectivity index (χ0) is 18.4. The lowest BCUT2D eigenvalue weighted by Crippen LogP contribution is -2.22. The van der Waals surface area contributed by atoms with Crippen LogP contribution < -0.4 is 10.1 Å². The molecule has 1 amide bonds. The Kier molecular flexibility index (Phi) is 6.93. The molecule has 25 heavy (non-hydrogen) atoms. The number of hydrogen-bond donors (Lipinski definition) is 1. The number of carbonyl (C=O) groups is 2. The molecular weight excluding hydrogens is 389 g/mol. The fourth-order valence-electron chi connectivity index (χ4n) is 2.01. The zero-order valence-electron chi connectivity index (χ0n) is 13.1. The third-order valence-electron chi connectivity index (χ3n) is 3.18. The fraction of sp³-hybridized carbons (Fsp3) is 0.176. The highest BCUT2D eigenvalue weighted by molar-refractivity contribution is 6.36. The number of nitrogens with one attached hydrogen (secondary N) is 1. The van der Waals surface area contributed by atoms with Gasteiger partial charge in [-0.3, -0.25) is 9.59 Å². The largest absolute Gasteiger partial charge is 0.495 e. The molecule has 0 bridgehead atoms. The van der Waals surface area contributed by atoms with Gasteiger partial charge in [-0.05, 0) is 30.3 Å². The first-order valence-electron chi connectivity index (χ1n) is 7.12. The lowest BCUT2D eigenvalue weighted by atomic mass is 10.1. The molecule has 0 aliphatic heterocycles. The number of halogens is 3. The third-order valence-corrected chi connectivity index (χ3v) is 4.13. The predicted octanol–water partition coefficient (Wildman–Crippen LogP) is 4.38. The van der Waals surface area contributed by atoms with Gasteiger partial charge in [0.2, 0.25) is 0 Å². The molecule has 5 nitrogen and oxygen atoms in total. The first-order chi connectivity index (χ1) is 11.9. The van der Waals surface area contributed by atoms with Crippen LogP contribution in [0.4, 0.5) is 5.69 Å². The lowest BCUT2D eigenvalue weighted by Gasteiger charge is -2.11. The van der Waals surface area contributed by atoms with Crippen molar-refractivity contribution in [1.82, 2.24) is 0 Å². The van der Waals surface area contributed by atoms with Crippen LogP contribution in [0.5, 0.6) is 5.75 Å². The summed E-state index contributed by atoms with van der Waals surface area (Å²) in [4.78, 5) is 23.8. The van der Waals surface area contributed by atoms with Gasteiger partial charge in [-0.2, -0.15) is 0 Å². The van der Waals surface area contributed by atoms with Crippen molar-refractivity contribution in [2.45, 2.75) is 6.42 Å². The van der Waals surface area contributed by atoms with Gasteiger partial charge in [0.15, 0.2) is 6.61 Å². The van der Waals surface area contributed by atoms with Gasteiger partial charge in [0.1, 0.15) is 5.75 Å². The molecule has 132 valence electrons. The molecule has 0 saturated carbocycles. The van der Waals surface area contributed by atoms with Crippen molar-refractivity contribution < 1.29 is 19.1 Å². The summed E-state index contributed by atoms with van der Waals surface area (Å²) in [5, 5.41) is 3.72. The van der Waals surface area contributed by atoms with E-state index in [4.69, 9.17) is 44.3 Å². The molecule has 0 fully saturated rings. The maximum Gasteiger partial charge on any atom is 0.310 e. The van der Waals surface area contributed by atoms with E-state index in [0.29, 0.717) is 32.1 Å². The number of carbonyl (C=O) groups excluding carboxylic acids is 2. The molecule has 0 aromatic heterocycles. The minimum atomic E-state index is -0.622. The summed E-state index contributed by atoms with van der Waals surface area (Å²) in [6.07, 6.45) is -0.133. The first kappa shape index (κ1) is 19.4. The average Bonchev–Trinajstić information content (AvgIpc) is 2.57. The van der Waals surface area contributed by atoms with Crippen molar-refractivity contribution >= 4 is 52.4 Å². The Morgan fingerprint density at radius 3 is 2.40 bits per heavy atom. The molecule has 0 aliphatic rings. The van der Waals surface area contributed by atoms with Gasteiger partial charge in [0, 0.05) is 20.6 Å². The van der Waals surface area contributed by atoms with Gasteiger partial charge in [-0.15, -0.1) is 0 Å². The Bertz CT molecular complexity index is 775. The molecule has 2 aromatic rings. The first-order valence-corrected chi connectivity index (χ1v) is 8.26. The summed E-state index contributed by atoms with van der Waals surface area (Å²) in [5.41, 5.74) is 0.831. The molecule has 0 radical (unpaired) electrons.